The number of benzene rings is 1. The van der Waals surface area contributed by atoms with E-state index in [-0.39, 0.29) is 11.7 Å². The van der Waals surface area contributed by atoms with Crippen LogP contribution in [0.5, 0.6) is 0 Å². The Bertz CT molecular complexity index is 1100. The Morgan fingerprint density at radius 2 is 2.00 bits per heavy atom. The molecule has 4 heterocycles. The number of hydrogen-bond donors (Lipinski definition) is 1. The largest absolute Gasteiger partial charge is 0.340 e. The van der Waals surface area contributed by atoms with Gasteiger partial charge in [-0.25, -0.2) is 14.4 Å². The maximum Gasteiger partial charge on any atom is 0.250 e. The molecule has 7 nitrogen and oxygen atoms in total. The topological polar surface area (TPSA) is 75.9 Å². The van der Waals surface area contributed by atoms with E-state index in [1.165, 1.54) is 12.1 Å². The summed E-state index contributed by atoms with van der Waals surface area (Å²) in [6.07, 6.45) is 8.84. The number of anilines is 2. The Balaban J connectivity index is 1.27. The van der Waals surface area contributed by atoms with Crippen LogP contribution in [0.2, 0.25) is 0 Å². The lowest BCUT2D eigenvalue weighted by Crippen LogP contribution is -2.54. The van der Waals surface area contributed by atoms with Crippen LogP contribution in [0, 0.1) is 5.82 Å². The summed E-state index contributed by atoms with van der Waals surface area (Å²) in [6.45, 7) is 3.42. The minimum absolute atomic E-state index is 0.0254. The fraction of sp³-hybridized carbons (Fsp3) is 0.364. The molecule has 0 radical (unpaired) electrons. The third kappa shape index (κ3) is 3.32. The van der Waals surface area contributed by atoms with Gasteiger partial charge in [-0.15, -0.1) is 0 Å². The van der Waals surface area contributed by atoms with E-state index < -0.39 is 5.54 Å². The fourth-order valence-electron chi connectivity index (χ4n) is 4.27. The highest BCUT2D eigenvalue weighted by molar-refractivity contribution is 6.05. The summed E-state index contributed by atoms with van der Waals surface area (Å²) >= 11 is 0. The van der Waals surface area contributed by atoms with Crippen LogP contribution < -0.4 is 10.2 Å². The molecule has 154 valence electrons. The predicted octanol–water partition coefficient (Wildman–Crippen LogP) is 2.96. The molecular formula is C22H23FN6O. The van der Waals surface area contributed by atoms with Crippen LogP contribution in [0.3, 0.4) is 0 Å². The van der Waals surface area contributed by atoms with Crippen molar-refractivity contribution in [1.82, 2.24) is 19.7 Å². The molecule has 5 rings (SSSR count). The molecule has 1 amide bonds. The molecule has 1 saturated heterocycles. The van der Waals surface area contributed by atoms with Crippen molar-refractivity contribution in [2.75, 3.05) is 16.8 Å². The highest BCUT2D eigenvalue weighted by atomic mass is 19.1. The van der Waals surface area contributed by atoms with Crippen molar-refractivity contribution in [3.8, 4) is 0 Å². The summed E-state index contributed by atoms with van der Waals surface area (Å²) < 4.78 is 14.9. The average molecular weight is 406 g/mol. The van der Waals surface area contributed by atoms with Crippen molar-refractivity contribution in [2.45, 2.75) is 44.7 Å². The number of nitrogens with one attached hydrogen (secondary N) is 1. The summed E-state index contributed by atoms with van der Waals surface area (Å²) in [7, 11) is 0. The van der Waals surface area contributed by atoms with E-state index in [0.29, 0.717) is 18.7 Å². The van der Waals surface area contributed by atoms with Gasteiger partial charge in [-0.3, -0.25) is 9.48 Å². The van der Waals surface area contributed by atoms with Gasteiger partial charge in [0.25, 0.3) is 0 Å². The Morgan fingerprint density at radius 3 is 2.83 bits per heavy atom. The van der Waals surface area contributed by atoms with Crippen LogP contribution >= 0.6 is 0 Å². The number of aromatic nitrogens is 4. The first-order chi connectivity index (χ1) is 14.5. The van der Waals surface area contributed by atoms with Gasteiger partial charge in [0.05, 0.1) is 18.9 Å². The zero-order valence-electron chi connectivity index (χ0n) is 16.8. The monoisotopic (exact) mass is 406 g/mol. The lowest BCUT2D eigenvalue weighted by molar-refractivity contribution is -0.120. The second-order valence-electron chi connectivity index (χ2n) is 8.18. The molecule has 1 aromatic carbocycles. The second kappa shape index (κ2) is 7.19. The Labute approximate surface area is 174 Å². The minimum Gasteiger partial charge on any atom is -0.340 e. The van der Waals surface area contributed by atoms with Crippen molar-refractivity contribution in [2.24, 2.45) is 0 Å². The molecule has 1 N–H and O–H groups in total. The molecular weight excluding hydrogens is 383 g/mol. The molecule has 2 aliphatic heterocycles. The van der Waals surface area contributed by atoms with Gasteiger partial charge in [-0.05, 0) is 49.4 Å². The van der Waals surface area contributed by atoms with Gasteiger partial charge in [-0.2, -0.15) is 5.10 Å². The summed E-state index contributed by atoms with van der Waals surface area (Å²) in [5.74, 6) is 1.37. The standard InChI is InChI=1S/C22H23FN6O/c1-22-9-2-10-29(22)20-18(26-21(22)30)12-24-19(27-20)8-5-16-11-25-28(14-16)13-15-3-6-17(23)7-4-15/h3-4,6-7,11-12,14H,2,5,8-10,13H2,1H3,(H,26,30)/t22-/m1/s1. The fourth-order valence-corrected chi connectivity index (χ4v) is 4.27. The number of rotatable bonds is 5. The van der Waals surface area contributed by atoms with Crippen molar-refractivity contribution in [3.63, 3.8) is 0 Å². The predicted molar refractivity (Wildman–Crippen MR) is 111 cm³/mol. The highest BCUT2D eigenvalue weighted by Gasteiger charge is 2.48. The smallest absolute Gasteiger partial charge is 0.250 e. The van der Waals surface area contributed by atoms with Crippen LogP contribution in [-0.2, 0) is 24.2 Å². The lowest BCUT2D eigenvalue weighted by Gasteiger charge is -2.39. The Morgan fingerprint density at radius 1 is 1.17 bits per heavy atom. The van der Waals surface area contributed by atoms with Crippen molar-refractivity contribution in [3.05, 3.63) is 65.6 Å². The van der Waals surface area contributed by atoms with Crippen molar-refractivity contribution < 1.29 is 9.18 Å². The van der Waals surface area contributed by atoms with E-state index in [1.54, 1.807) is 18.3 Å². The van der Waals surface area contributed by atoms with Crippen LogP contribution in [0.25, 0.3) is 0 Å². The minimum atomic E-state index is -0.514. The number of carbonyl (C=O) groups excluding carboxylic acids is 1. The van der Waals surface area contributed by atoms with E-state index in [2.05, 4.69) is 20.3 Å². The van der Waals surface area contributed by atoms with Gasteiger partial charge < -0.3 is 10.2 Å². The van der Waals surface area contributed by atoms with Crippen LogP contribution in [0.1, 0.15) is 36.7 Å². The lowest BCUT2D eigenvalue weighted by atomic mass is 9.95. The maximum absolute atomic E-state index is 13.1. The van der Waals surface area contributed by atoms with E-state index in [0.717, 1.165) is 48.6 Å². The molecule has 2 aromatic heterocycles. The summed E-state index contributed by atoms with van der Waals surface area (Å²) in [5.41, 5.74) is 2.27. The van der Waals surface area contributed by atoms with Crippen molar-refractivity contribution in [1.29, 1.82) is 0 Å². The quantitative estimate of drug-likeness (QED) is 0.705. The first-order valence-corrected chi connectivity index (χ1v) is 10.2. The highest BCUT2D eigenvalue weighted by Crippen LogP contribution is 2.41. The zero-order chi connectivity index (χ0) is 20.7. The molecule has 8 heteroatoms. The summed E-state index contributed by atoms with van der Waals surface area (Å²) in [5, 5.41) is 7.36. The SMILES string of the molecule is C[C@]12CCCN1c1nc(CCc3cnn(Cc4ccc(F)cc4)c3)ncc1NC2=O. The summed E-state index contributed by atoms with van der Waals surface area (Å²) in [6, 6.07) is 6.45. The molecule has 0 bridgehead atoms. The Kier molecular flexibility index (Phi) is 4.49. The van der Waals surface area contributed by atoms with Gasteiger partial charge in [0.2, 0.25) is 5.91 Å². The van der Waals surface area contributed by atoms with Gasteiger partial charge in [0, 0.05) is 19.2 Å². The number of amides is 1. The molecule has 0 saturated carbocycles. The molecule has 1 atom stereocenters. The van der Waals surface area contributed by atoms with Gasteiger partial charge in [0.15, 0.2) is 5.82 Å². The first-order valence-electron chi connectivity index (χ1n) is 10.2. The number of carbonyl (C=O) groups is 1. The first kappa shape index (κ1) is 18.7. The van der Waals surface area contributed by atoms with Gasteiger partial charge >= 0.3 is 0 Å². The van der Waals surface area contributed by atoms with Crippen LogP contribution in [0.15, 0.2) is 42.9 Å². The third-order valence-corrected chi connectivity index (χ3v) is 6.03. The maximum atomic E-state index is 13.1. The van der Waals surface area contributed by atoms with E-state index in [9.17, 15) is 9.18 Å². The van der Waals surface area contributed by atoms with E-state index >= 15 is 0 Å². The van der Waals surface area contributed by atoms with E-state index in [1.807, 2.05) is 24.0 Å². The normalized spacial score (nSPS) is 20.1. The number of hydrogen-bond acceptors (Lipinski definition) is 5. The average Bonchev–Trinajstić information content (AvgIpc) is 3.36. The number of fused-ring (bicyclic) bond motifs is 3. The number of halogens is 1. The van der Waals surface area contributed by atoms with Crippen LogP contribution in [0.4, 0.5) is 15.9 Å². The molecule has 30 heavy (non-hydrogen) atoms. The van der Waals surface area contributed by atoms with Crippen molar-refractivity contribution >= 4 is 17.4 Å². The number of aryl methyl sites for hydroxylation is 2. The second-order valence-corrected chi connectivity index (χ2v) is 8.18. The molecule has 2 aliphatic rings. The molecule has 1 fully saturated rings. The van der Waals surface area contributed by atoms with Gasteiger partial charge in [0.1, 0.15) is 22.9 Å². The molecule has 0 aliphatic carbocycles. The summed E-state index contributed by atoms with van der Waals surface area (Å²) in [4.78, 5) is 23.8. The zero-order valence-corrected chi connectivity index (χ0v) is 16.8. The van der Waals surface area contributed by atoms with E-state index in [4.69, 9.17) is 4.98 Å². The molecule has 0 unspecified atom stereocenters. The Hall–Kier alpha value is -3.29. The third-order valence-electron chi connectivity index (χ3n) is 6.03. The molecule has 0 spiro atoms. The number of nitrogens with zero attached hydrogens (tertiary/aromatic N) is 5. The van der Waals surface area contributed by atoms with Crippen LogP contribution in [-0.4, -0.2) is 37.7 Å². The molecule has 3 aromatic rings. The van der Waals surface area contributed by atoms with Gasteiger partial charge in [-0.1, -0.05) is 12.1 Å².